The van der Waals surface area contributed by atoms with Crippen LogP contribution in [0.15, 0.2) is 48.7 Å². The number of nitrogens with one attached hydrogen (secondary N) is 1. The molecule has 0 atom stereocenters. The van der Waals surface area contributed by atoms with Crippen LogP contribution in [-0.2, 0) is 11.3 Å². The van der Waals surface area contributed by atoms with E-state index < -0.39 is 0 Å². The molecule has 0 aliphatic carbocycles. The van der Waals surface area contributed by atoms with Crippen LogP contribution in [-0.4, -0.2) is 58.3 Å². The predicted molar refractivity (Wildman–Crippen MR) is 123 cm³/mol. The fraction of sp³-hybridized carbons (Fsp3) is 0.375. The zero-order valence-corrected chi connectivity index (χ0v) is 18.5. The summed E-state index contributed by atoms with van der Waals surface area (Å²) in [5, 5.41) is 7.75. The van der Waals surface area contributed by atoms with Crippen LogP contribution in [0.2, 0.25) is 0 Å². The molecule has 31 heavy (non-hydrogen) atoms. The molecular formula is C24H30N6O. The van der Waals surface area contributed by atoms with Crippen molar-refractivity contribution >= 4 is 11.6 Å². The van der Waals surface area contributed by atoms with Crippen molar-refractivity contribution in [2.75, 3.05) is 37.6 Å². The fourth-order valence-corrected chi connectivity index (χ4v) is 4.09. The average molecular weight is 419 g/mol. The summed E-state index contributed by atoms with van der Waals surface area (Å²) in [7, 11) is 0. The number of hydrogen-bond donors (Lipinski definition) is 1. The lowest BCUT2D eigenvalue weighted by molar-refractivity contribution is -0.122. The molecule has 1 amide bonds. The van der Waals surface area contributed by atoms with Crippen molar-refractivity contribution in [2.45, 2.75) is 27.3 Å². The van der Waals surface area contributed by atoms with Gasteiger partial charge in [0.1, 0.15) is 0 Å². The Bertz CT molecular complexity index is 1020. The second kappa shape index (κ2) is 9.31. The van der Waals surface area contributed by atoms with E-state index in [-0.39, 0.29) is 5.91 Å². The Kier molecular flexibility index (Phi) is 6.32. The van der Waals surface area contributed by atoms with Gasteiger partial charge in [-0.2, -0.15) is 5.10 Å². The third kappa shape index (κ3) is 4.94. The summed E-state index contributed by atoms with van der Waals surface area (Å²) in [6.45, 7) is 10.7. The van der Waals surface area contributed by atoms with Crippen LogP contribution < -0.4 is 10.2 Å². The Morgan fingerprint density at radius 1 is 1.00 bits per heavy atom. The first kappa shape index (κ1) is 21.1. The van der Waals surface area contributed by atoms with Crippen molar-refractivity contribution < 1.29 is 4.79 Å². The molecule has 0 spiro atoms. The quantitative estimate of drug-likeness (QED) is 0.667. The van der Waals surface area contributed by atoms with E-state index in [0.29, 0.717) is 13.1 Å². The number of piperazine rings is 1. The normalized spacial score (nSPS) is 14.6. The van der Waals surface area contributed by atoms with E-state index >= 15 is 0 Å². The number of carbonyl (C=O) groups is 1. The topological polar surface area (TPSA) is 66.3 Å². The van der Waals surface area contributed by atoms with Gasteiger partial charge >= 0.3 is 0 Å². The Morgan fingerprint density at radius 2 is 1.74 bits per heavy atom. The van der Waals surface area contributed by atoms with Gasteiger partial charge in [-0.25, -0.2) is 9.67 Å². The molecule has 1 aliphatic heterocycles. The van der Waals surface area contributed by atoms with Crippen LogP contribution in [0.5, 0.6) is 0 Å². The monoisotopic (exact) mass is 418 g/mol. The first-order valence-corrected chi connectivity index (χ1v) is 10.8. The molecule has 2 aromatic heterocycles. The highest BCUT2D eigenvalue weighted by atomic mass is 16.2. The second-order valence-corrected chi connectivity index (χ2v) is 8.14. The maximum absolute atomic E-state index is 12.4. The van der Waals surface area contributed by atoms with E-state index in [9.17, 15) is 4.79 Å². The number of hydrogen-bond acceptors (Lipinski definition) is 5. The molecule has 7 heteroatoms. The summed E-state index contributed by atoms with van der Waals surface area (Å²) in [6, 6.07) is 14.1. The Balaban J connectivity index is 1.31. The minimum atomic E-state index is 0.0735. The van der Waals surface area contributed by atoms with Gasteiger partial charge in [-0.15, -0.1) is 0 Å². The van der Waals surface area contributed by atoms with Crippen LogP contribution in [0.25, 0.3) is 5.82 Å². The number of pyridine rings is 1. The fourth-order valence-electron chi connectivity index (χ4n) is 4.09. The zero-order chi connectivity index (χ0) is 21.8. The van der Waals surface area contributed by atoms with Gasteiger partial charge in [0.25, 0.3) is 0 Å². The molecule has 1 fully saturated rings. The van der Waals surface area contributed by atoms with Crippen LogP contribution >= 0.6 is 0 Å². The number of aromatic nitrogens is 3. The highest BCUT2D eigenvalue weighted by Crippen LogP contribution is 2.27. The Hall–Kier alpha value is -3.19. The summed E-state index contributed by atoms with van der Waals surface area (Å²) in [6.07, 6.45) is 1.79. The molecule has 4 rings (SSSR count). The zero-order valence-electron chi connectivity index (χ0n) is 18.5. The molecular weight excluding hydrogens is 388 g/mol. The van der Waals surface area contributed by atoms with Gasteiger partial charge < -0.3 is 10.2 Å². The first-order valence-electron chi connectivity index (χ1n) is 10.8. The number of carbonyl (C=O) groups excluding carboxylic acids is 1. The Labute approximate surface area is 183 Å². The van der Waals surface area contributed by atoms with E-state index in [1.165, 1.54) is 11.3 Å². The largest absolute Gasteiger partial charge is 0.366 e. The van der Waals surface area contributed by atoms with Crippen LogP contribution in [0.1, 0.15) is 22.5 Å². The highest BCUT2D eigenvalue weighted by molar-refractivity contribution is 5.78. The van der Waals surface area contributed by atoms with Crippen molar-refractivity contribution in [3.05, 3.63) is 71.2 Å². The molecule has 1 N–H and O–H groups in total. The van der Waals surface area contributed by atoms with E-state index in [4.69, 9.17) is 5.10 Å². The number of amides is 1. The first-order chi connectivity index (χ1) is 15.0. The summed E-state index contributed by atoms with van der Waals surface area (Å²) >= 11 is 0. The molecule has 0 bridgehead atoms. The molecule has 1 saturated heterocycles. The molecule has 162 valence electrons. The number of nitrogens with zero attached hydrogens (tertiary/aromatic N) is 5. The van der Waals surface area contributed by atoms with Gasteiger partial charge in [-0.05, 0) is 38.5 Å². The molecule has 3 heterocycles. The summed E-state index contributed by atoms with van der Waals surface area (Å²) < 4.78 is 1.91. The van der Waals surface area contributed by atoms with E-state index in [1.54, 1.807) is 6.20 Å². The second-order valence-electron chi connectivity index (χ2n) is 8.14. The SMILES string of the molecule is Cc1ccc(CNC(=O)CN2CCN(c3c(C)nn(-c4ccccn4)c3C)CC2)cc1. The van der Waals surface area contributed by atoms with Gasteiger partial charge in [0, 0.05) is 38.9 Å². The molecule has 0 radical (unpaired) electrons. The van der Waals surface area contributed by atoms with Crippen molar-refractivity contribution in [1.82, 2.24) is 25.0 Å². The van der Waals surface area contributed by atoms with Crippen molar-refractivity contribution in [3.8, 4) is 5.82 Å². The molecule has 1 aliphatic rings. The average Bonchev–Trinajstić information content (AvgIpc) is 3.08. The number of rotatable bonds is 6. The summed E-state index contributed by atoms with van der Waals surface area (Å²) in [5.74, 6) is 0.905. The standard InChI is InChI=1S/C24H30N6O/c1-18-7-9-21(10-8-18)16-26-23(31)17-28-12-14-29(15-13-28)24-19(2)27-30(20(24)3)22-6-4-5-11-25-22/h4-11H,12-17H2,1-3H3,(H,26,31). The van der Waals surface area contributed by atoms with Crippen LogP contribution in [0, 0.1) is 20.8 Å². The van der Waals surface area contributed by atoms with E-state index in [0.717, 1.165) is 48.9 Å². The molecule has 1 aromatic carbocycles. The van der Waals surface area contributed by atoms with Crippen LogP contribution in [0.4, 0.5) is 5.69 Å². The van der Waals surface area contributed by atoms with Gasteiger partial charge in [0.2, 0.25) is 5.91 Å². The summed E-state index contributed by atoms with van der Waals surface area (Å²) in [5.41, 5.74) is 5.63. The lowest BCUT2D eigenvalue weighted by Crippen LogP contribution is -2.49. The molecule has 3 aromatic rings. The smallest absolute Gasteiger partial charge is 0.234 e. The summed E-state index contributed by atoms with van der Waals surface area (Å²) in [4.78, 5) is 21.4. The third-order valence-corrected chi connectivity index (χ3v) is 5.79. The van der Waals surface area contributed by atoms with E-state index in [1.807, 2.05) is 29.8 Å². The van der Waals surface area contributed by atoms with Crippen molar-refractivity contribution in [3.63, 3.8) is 0 Å². The molecule has 0 saturated carbocycles. The predicted octanol–water partition coefficient (Wildman–Crippen LogP) is 2.63. The lowest BCUT2D eigenvalue weighted by atomic mass is 10.1. The molecule has 7 nitrogen and oxygen atoms in total. The molecule has 0 unspecified atom stereocenters. The minimum absolute atomic E-state index is 0.0735. The number of anilines is 1. The van der Waals surface area contributed by atoms with Gasteiger partial charge in [-0.3, -0.25) is 9.69 Å². The number of benzene rings is 1. The Morgan fingerprint density at radius 3 is 2.42 bits per heavy atom. The maximum Gasteiger partial charge on any atom is 0.234 e. The van der Waals surface area contributed by atoms with Crippen LogP contribution in [0.3, 0.4) is 0 Å². The van der Waals surface area contributed by atoms with Gasteiger partial charge in [0.05, 0.1) is 23.6 Å². The van der Waals surface area contributed by atoms with Crippen molar-refractivity contribution in [2.24, 2.45) is 0 Å². The van der Waals surface area contributed by atoms with E-state index in [2.05, 4.69) is 58.2 Å². The lowest BCUT2D eigenvalue weighted by Gasteiger charge is -2.35. The van der Waals surface area contributed by atoms with Gasteiger partial charge in [0.15, 0.2) is 5.82 Å². The third-order valence-electron chi connectivity index (χ3n) is 5.79. The van der Waals surface area contributed by atoms with Crippen molar-refractivity contribution in [1.29, 1.82) is 0 Å². The highest BCUT2D eigenvalue weighted by Gasteiger charge is 2.24. The number of aryl methyl sites for hydroxylation is 2. The maximum atomic E-state index is 12.4. The van der Waals surface area contributed by atoms with Gasteiger partial charge in [-0.1, -0.05) is 35.9 Å². The minimum Gasteiger partial charge on any atom is -0.366 e.